The highest BCUT2D eigenvalue weighted by atomic mass is 32.2. The van der Waals surface area contributed by atoms with Gasteiger partial charge in [-0.15, -0.1) is 0 Å². The first-order chi connectivity index (χ1) is 8.95. The summed E-state index contributed by atoms with van der Waals surface area (Å²) in [6.45, 7) is 0.0165. The molecule has 106 valence electrons. The Balaban J connectivity index is 2.31. The molecule has 1 aliphatic rings. The molecule has 6 nitrogen and oxygen atoms in total. The Labute approximate surface area is 110 Å². The smallest absolute Gasteiger partial charge is 0.246 e. The van der Waals surface area contributed by atoms with E-state index in [0.717, 1.165) is 16.4 Å². The zero-order valence-corrected chi connectivity index (χ0v) is 10.9. The highest BCUT2D eigenvalue weighted by Gasteiger charge is 2.32. The molecule has 8 heteroatoms. The van der Waals surface area contributed by atoms with E-state index in [4.69, 9.17) is 15.6 Å². The number of anilines is 1. The first kappa shape index (κ1) is 14.2. The fourth-order valence-electron chi connectivity index (χ4n) is 1.89. The molecule has 19 heavy (non-hydrogen) atoms. The lowest BCUT2D eigenvalue weighted by atomic mass is 10.3. The highest BCUT2D eigenvalue weighted by Crippen LogP contribution is 2.22. The standard InChI is InChI=1S/C11H15FN2O4S/c12-10-5-8(13)1-2-11(10)19(16,17)14-3-4-18-9(6-14)7-15/h1-2,5,9,15H,3-4,6-7,13H2. The Hall–Kier alpha value is -1.22. The fourth-order valence-corrected chi connectivity index (χ4v) is 3.39. The van der Waals surface area contributed by atoms with Crippen LogP contribution in [0.25, 0.3) is 0 Å². The van der Waals surface area contributed by atoms with Crippen molar-refractivity contribution in [3.05, 3.63) is 24.0 Å². The first-order valence-corrected chi connectivity index (χ1v) is 7.17. The van der Waals surface area contributed by atoms with Crippen LogP contribution in [0.3, 0.4) is 0 Å². The lowest BCUT2D eigenvalue weighted by Gasteiger charge is -2.31. The Morgan fingerprint density at radius 2 is 2.26 bits per heavy atom. The molecule has 3 N–H and O–H groups in total. The van der Waals surface area contributed by atoms with Gasteiger partial charge in [0, 0.05) is 18.8 Å². The molecule has 1 unspecified atom stereocenters. The molecule has 1 aromatic rings. The van der Waals surface area contributed by atoms with E-state index < -0.39 is 26.8 Å². The predicted molar refractivity (Wildman–Crippen MR) is 66.4 cm³/mol. The largest absolute Gasteiger partial charge is 0.399 e. The summed E-state index contributed by atoms with van der Waals surface area (Å²) in [6, 6.07) is 3.44. The quantitative estimate of drug-likeness (QED) is 0.751. The molecular formula is C11H15FN2O4S. The maximum absolute atomic E-state index is 13.7. The molecule has 1 fully saturated rings. The summed E-state index contributed by atoms with van der Waals surface area (Å²) in [7, 11) is -3.94. The molecule has 0 aromatic heterocycles. The normalized spacial score (nSPS) is 21.5. The van der Waals surface area contributed by atoms with Crippen molar-refractivity contribution in [1.29, 1.82) is 0 Å². The molecule has 0 aliphatic carbocycles. The minimum atomic E-state index is -3.94. The number of aliphatic hydroxyl groups is 1. The summed E-state index contributed by atoms with van der Waals surface area (Å²) < 4.78 is 44.6. The van der Waals surface area contributed by atoms with Crippen LogP contribution in [0.2, 0.25) is 0 Å². The number of halogens is 1. The van der Waals surface area contributed by atoms with Crippen molar-refractivity contribution in [3.8, 4) is 0 Å². The van der Waals surface area contributed by atoms with Gasteiger partial charge in [-0.25, -0.2) is 12.8 Å². The number of sulfonamides is 1. The third-order valence-corrected chi connectivity index (χ3v) is 4.78. The summed E-state index contributed by atoms with van der Waals surface area (Å²) in [5.74, 6) is -0.882. The molecule has 1 aliphatic heterocycles. The highest BCUT2D eigenvalue weighted by molar-refractivity contribution is 7.89. The van der Waals surface area contributed by atoms with Crippen LogP contribution in [0.1, 0.15) is 0 Å². The zero-order valence-electron chi connectivity index (χ0n) is 10.1. The number of hydrogen-bond donors (Lipinski definition) is 2. The molecule has 1 atom stereocenters. The van der Waals surface area contributed by atoms with Crippen LogP contribution in [0, 0.1) is 5.82 Å². The van der Waals surface area contributed by atoms with Crippen LogP contribution >= 0.6 is 0 Å². The van der Waals surface area contributed by atoms with Crippen molar-refractivity contribution >= 4 is 15.7 Å². The van der Waals surface area contributed by atoms with E-state index in [1.165, 1.54) is 6.07 Å². The summed E-state index contributed by atoms with van der Waals surface area (Å²) in [4.78, 5) is -0.416. The molecular weight excluding hydrogens is 275 g/mol. The van der Waals surface area contributed by atoms with Crippen LogP contribution in [0.5, 0.6) is 0 Å². The number of nitrogens with two attached hydrogens (primary N) is 1. The second-order valence-corrected chi connectivity index (χ2v) is 6.13. The number of ether oxygens (including phenoxy) is 1. The third kappa shape index (κ3) is 2.86. The Morgan fingerprint density at radius 1 is 1.53 bits per heavy atom. The van der Waals surface area contributed by atoms with Crippen molar-refractivity contribution in [3.63, 3.8) is 0 Å². The number of hydrogen-bond acceptors (Lipinski definition) is 5. The van der Waals surface area contributed by atoms with E-state index in [2.05, 4.69) is 0 Å². The van der Waals surface area contributed by atoms with Crippen molar-refractivity contribution in [2.45, 2.75) is 11.0 Å². The SMILES string of the molecule is Nc1ccc(S(=O)(=O)N2CCOC(CO)C2)c(F)c1. The molecule has 1 saturated heterocycles. The van der Waals surface area contributed by atoms with Crippen LogP contribution in [0.15, 0.2) is 23.1 Å². The van der Waals surface area contributed by atoms with Crippen LogP contribution in [-0.4, -0.2) is 50.2 Å². The fraction of sp³-hybridized carbons (Fsp3) is 0.455. The molecule has 1 aromatic carbocycles. The summed E-state index contributed by atoms with van der Waals surface area (Å²) >= 11 is 0. The monoisotopic (exact) mass is 290 g/mol. The van der Waals surface area contributed by atoms with Crippen molar-refractivity contribution in [2.24, 2.45) is 0 Å². The van der Waals surface area contributed by atoms with Crippen LogP contribution in [0.4, 0.5) is 10.1 Å². The van der Waals surface area contributed by atoms with Gasteiger partial charge in [0.2, 0.25) is 10.0 Å². The van der Waals surface area contributed by atoms with Gasteiger partial charge in [0.1, 0.15) is 10.7 Å². The molecule has 0 spiro atoms. The number of benzene rings is 1. The molecule has 0 bridgehead atoms. The van der Waals surface area contributed by atoms with E-state index in [1.807, 2.05) is 0 Å². The average molecular weight is 290 g/mol. The van der Waals surface area contributed by atoms with E-state index in [9.17, 15) is 12.8 Å². The molecule has 2 rings (SSSR count). The molecule has 0 saturated carbocycles. The van der Waals surface area contributed by atoms with E-state index in [0.29, 0.717) is 0 Å². The molecule has 0 amide bonds. The lowest BCUT2D eigenvalue weighted by Crippen LogP contribution is -2.46. The van der Waals surface area contributed by atoms with Crippen molar-refractivity contribution in [1.82, 2.24) is 4.31 Å². The maximum atomic E-state index is 13.7. The van der Waals surface area contributed by atoms with Gasteiger partial charge < -0.3 is 15.6 Å². The number of morpholine rings is 1. The van der Waals surface area contributed by atoms with Gasteiger partial charge in [-0.05, 0) is 18.2 Å². The zero-order chi connectivity index (χ0) is 14.0. The van der Waals surface area contributed by atoms with Crippen LogP contribution < -0.4 is 5.73 Å². The number of nitrogens with zero attached hydrogens (tertiary/aromatic N) is 1. The van der Waals surface area contributed by atoms with Crippen molar-refractivity contribution in [2.75, 3.05) is 32.0 Å². The average Bonchev–Trinajstić information content (AvgIpc) is 2.38. The van der Waals surface area contributed by atoms with Gasteiger partial charge >= 0.3 is 0 Å². The second-order valence-electron chi connectivity index (χ2n) is 4.23. The summed E-state index contributed by atoms with van der Waals surface area (Å²) in [6.07, 6.45) is -0.583. The number of aliphatic hydroxyl groups excluding tert-OH is 1. The van der Waals surface area contributed by atoms with Crippen molar-refractivity contribution < 1.29 is 22.7 Å². The van der Waals surface area contributed by atoms with Gasteiger partial charge in [0.15, 0.2) is 0 Å². The number of rotatable bonds is 3. The molecule has 0 radical (unpaired) electrons. The van der Waals surface area contributed by atoms with Gasteiger partial charge in [0.25, 0.3) is 0 Å². The topological polar surface area (TPSA) is 92.9 Å². The van der Waals surface area contributed by atoms with E-state index >= 15 is 0 Å². The van der Waals surface area contributed by atoms with E-state index in [-0.39, 0.29) is 32.0 Å². The Morgan fingerprint density at radius 3 is 2.89 bits per heavy atom. The first-order valence-electron chi connectivity index (χ1n) is 5.73. The minimum absolute atomic E-state index is 0.00263. The second kappa shape index (κ2) is 5.41. The predicted octanol–water partition coefficient (Wildman–Crippen LogP) is -0.210. The van der Waals surface area contributed by atoms with Gasteiger partial charge in [0.05, 0.1) is 19.3 Å². The van der Waals surface area contributed by atoms with E-state index in [1.54, 1.807) is 0 Å². The Kier molecular flexibility index (Phi) is 4.04. The third-order valence-electron chi connectivity index (χ3n) is 2.88. The van der Waals surface area contributed by atoms with Crippen LogP contribution in [-0.2, 0) is 14.8 Å². The summed E-state index contributed by atoms with van der Waals surface area (Å²) in [5, 5.41) is 9.00. The van der Waals surface area contributed by atoms with Gasteiger partial charge in [-0.2, -0.15) is 4.31 Å². The lowest BCUT2D eigenvalue weighted by molar-refractivity contribution is -0.0305. The summed E-state index contributed by atoms with van der Waals surface area (Å²) in [5.41, 5.74) is 5.55. The maximum Gasteiger partial charge on any atom is 0.246 e. The number of nitrogen functional groups attached to an aromatic ring is 1. The Bertz CT molecular complexity index is 564. The van der Waals surface area contributed by atoms with Gasteiger partial charge in [-0.1, -0.05) is 0 Å². The minimum Gasteiger partial charge on any atom is -0.399 e. The van der Waals surface area contributed by atoms with Gasteiger partial charge in [-0.3, -0.25) is 0 Å². The molecule has 1 heterocycles.